The van der Waals surface area contributed by atoms with Crippen molar-refractivity contribution in [2.75, 3.05) is 7.11 Å². The molecule has 0 aliphatic heterocycles. The first-order valence-electron chi connectivity index (χ1n) is 3.96. The monoisotopic (exact) mass is 192 g/mol. The average Bonchev–Trinajstić information content (AvgIpc) is 2.67. The molecule has 0 unspecified atom stereocenters. The molecule has 0 amide bonds. The highest BCUT2D eigenvalue weighted by molar-refractivity contribution is 5.55. The van der Waals surface area contributed by atoms with Crippen molar-refractivity contribution < 1.29 is 14.4 Å². The summed E-state index contributed by atoms with van der Waals surface area (Å²) in [7, 11) is 1.45. The number of hydrogen-bond acceptors (Lipinski definition) is 5. The molecule has 0 saturated carbocycles. The number of rotatable bonds is 2. The van der Waals surface area contributed by atoms with Crippen molar-refractivity contribution in [1.82, 2.24) is 10.1 Å². The highest BCUT2D eigenvalue weighted by atomic mass is 16.6. The second-order valence-corrected chi connectivity index (χ2v) is 2.63. The lowest BCUT2D eigenvalue weighted by Crippen LogP contribution is -1.82. The van der Waals surface area contributed by atoms with Crippen LogP contribution in [0.3, 0.4) is 0 Å². The van der Waals surface area contributed by atoms with Crippen LogP contribution in [0.4, 0.5) is 0 Å². The van der Waals surface area contributed by atoms with E-state index < -0.39 is 0 Å². The number of ether oxygens (including phenoxy) is 1. The molecule has 1 aromatic heterocycles. The summed E-state index contributed by atoms with van der Waals surface area (Å²) in [6, 6.07) is 6.50. The Morgan fingerprint density at radius 1 is 1.29 bits per heavy atom. The summed E-state index contributed by atoms with van der Waals surface area (Å²) in [6.45, 7) is 0. The fraction of sp³-hybridized carbons (Fsp3) is 0.111. The van der Waals surface area contributed by atoms with Gasteiger partial charge in [-0.3, -0.25) is 4.52 Å². The molecule has 1 heterocycles. The van der Waals surface area contributed by atoms with Gasteiger partial charge in [0, 0.05) is 5.56 Å². The summed E-state index contributed by atoms with van der Waals surface area (Å²) in [6.07, 6.45) is 0.119. The summed E-state index contributed by atoms with van der Waals surface area (Å²) in [5.41, 5.74) is 0.759. The van der Waals surface area contributed by atoms with Gasteiger partial charge in [0.15, 0.2) is 0 Å². The molecule has 1 N–H and O–H groups in total. The number of methoxy groups -OCH3 is 1. The quantitative estimate of drug-likeness (QED) is 0.779. The van der Waals surface area contributed by atoms with E-state index >= 15 is 0 Å². The van der Waals surface area contributed by atoms with E-state index in [1.807, 2.05) is 0 Å². The lowest BCUT2D eigenvalue weighted by atomic mass is 10.2. The summed E-state index contributed by atoms with van der Waals surface area (Å²) in [4.78, 5) is 3.95. The molecule has 72 valence electrons. The van der Waals surface area contributed by atoms with Crippen molar-refractivity contribution in [3.8, 4) is 23.2 Å². The van der Waals surface area contributed by atoms with Crippen molar-refractivity contribution >= 4 is 0 Å². The smallest absolute Gasteiger partial charge is 0.417 e. The summed E-state index contributed by atoms with van der Waals surface area (Å²) in [5, 5.41) is 12.8. The van der Waals surface area contributed by atoms with Crippen LogP contribution >= 0.6 is 0 Å². The molecule has 2 rings (SSSR count). The molecule has 0 aliphatic carbocycles. The van der Waals surface area contributed by atoms with E-state index in [-0.39, 0.29) is 11.8 Å². The van der Waals surface area contributed by atoms with Crippen molar-refractivity contribution in [1.29, 1.82) is 0 Å². The van der Waals surface area contributed by atoms with E-state index in [0.29, 0.717) is 5.82 Å². The molecule has 0 radical (unpaired) electrons. The number of phenols is 1. The van der Waals surface area contributed by atoms with Crippen LogP contribution in [0.25, 0.3) is 11.4 Å². The van der Waals surface area contributed by atoms with Crippen LogP contribution < -0.4 is 4.74 Å². The second-order valence-electron chi connectivity index (χ2n) is 2.63. The Morgan fingerprint density at radius 2 is 2.00 bits per heavy atom. The highest BCUT2D eigenvalue weighted by Crippen LogP contribution is 2.20. The van der Waals surface area contributed by atoms with Crippen LogP contribution in [0.2, 0.25) is 0 Å². The third-order valence-electron chi connectivity index (χ3n) is 1.71. The van der Waals surface area contributed by atoms with E-state index in [0.717, 1.165) is 5.56 Å². The van der Waals surface area contributed by atoms with Gasteiger partial charge in [0.1, 0.15) is 5.75 Å². The molecule has 1 aromatic carbocycles. The van der Waals surface area contributed by atoms with Gasteiger partial charge in [-0.2, -0.15) is 4.98 Å². The molecule has 0 bridgehead atoms. The summed E-state index contributed by atoms with van der Waals surface area (Å²) in [5.74, 6) is 0.631. The maximum Gasteiger partial charge on any atom is 0.417 e. The zero-order chi connectivity index (χ0) is 9.97. The molecule has 0 aliphatic rings. The number of nitrogens with zero attached hydrogens (tertiary/aromatic N) is 2. The number of aromatic nitrogens is 2. The molecular formula is C9H8N2O3. The fourth-order valence-corrected chi connectivity index (χ4v) is 1.02. The average molecular weight is 192 g/mol. The minimum atomic E-state index is 0.119. The van der Waals surface area contributed by atoms with Gasteiger partial charge in [0.25, 0.3) is 0 Å². The third kappa shape index (κ3) is 1.52. The molecule has 5 nitrogen and oxygen atoms in total. The van der Waals surface area contributed by atoms with Gasteiger partial charge in [-0.1, -0.05) is 5.16 Å². The SMILES string of the molecule is COc1nc(-c2ccc(O)cc2)no1. The molecule has 0 fully saturated rings. The van der Waals surface area contributed by atoms with Crippen molar-refractivity contribution in [3.05, 3.63) is 24.3 Å². The van der Waals surface area contributed by atoms with Crippen molar-refractivity contribution in [3.63, 3.8) is 0 Å². The number of hydrogen-bond donors (Lipinski definition) is 1. The van der Waals surface area contributed by atoms with Crippen LogP contribution in [-0.2, 0) is 0 Å². The van der Waals surface area contributed by atoms with Crippen molar-refractivity contribution in [2.24, 2.45) is 0 Å². The maximum atomic E-state index is 9.07. The minimum Gasteiger partial charge on any atom is -0.508 e. The van der Waals surface area contributed by atoms with E-state index in [1.54, 1.807) is 24.3 Å². The zero-order valence-corrected chi connectivity index (χ0v) is 7.47. The predicted molar refractivity (Wildman–Crippen MR) is 48.0 cm³/mol. The number of aromatic hydroxyl groups is 1. The Balaban J connectivity index is 2.34. The molecule has 5 heteroatoms. The van der Waals surface area contributed by atoms with Gasteiger partial charge in [0.2, 0.25) is 5.82 Å². The molecule has 2 aromatic rings. The van der Waals surface area contributed by atoms with Gasteiger partial charge in [-0.25, -0.2) is 0 Å². The van der Waals surface area contributed by atoms with Gasteiger partial charge in [0.05, 0.1) is 7.11 Å². The van der Waals surface area contributed by atoms with Gasteiger partial charge >= 0.3 is 6.08 Å². The van der Waals surface area contributed by atoms with E-state index in [1.165, 1.54) is 7.11 Å². The highest BCUT2D eigenvalue weighted by Gasteiger charge is 2.07. The molecule has 14 heavy (non-hydrogen) atoms. The topological polar surface area (TPSA) is 68.4 Å². The third-order valence-corrected chi connectivity index (χ3v) is 1.71. The first-order chi connectivity index (χ1) is 6.79. The molecule has 0 saturated heterocycles. The fourth-order valence-electron chi connectivity index (χ4n) is 1.02. The second kappa shape index (κ2) is 3.37. The Labute approximate surface area is 79.9 Å². The normalized spacial score (nSPS) is 10.1. The first-order valence-corrected chi connectivity index (χ1v) is 3.96. The lowest BCUT2D eigenvalue weighted by Gasteiger charge is -1.93. The number of benzene rings is 1. The molecule has 0 atom stereocenters. The Kier molecular flexibility index (Phi) is 2.06. The predicted octanol–water partition coefficient (Wildman–Crippen LogP) is 1.45. The van der Waals surface area contributed by atoms with Crippen LogP contribution in [0.5, 0.6) is 11.8 Å². The Hall–Kier alpha value is -2.04. The van der Waals surface area contributed by atoms with E-state index in [2.05, 4.69) is 10.1 Å². The lowest BCUT2D eigenvalue weighted by molar-refractivity contribution is 0.250. The van der Waals surface area contributed by atoms with Gasteiger partial charge in [-0.05, 0) is 24.3 Å². The van der Waals surface area contributed by atoms with E-state index in [4.69, 9.17) is 14.4 Å². The van der Waals surface area contributed by atoms with Gasteiger partial charge < -0.3 is 9.84 Å². The summed E-state index contributed by atoms with van der Waals surface area (Å²) < 4.78 is 9.50. The van der Waals surface area contributed by atoms with Crippen LogP contribution in [0.15, 0.2) is 28.8 Å². The van der Waals surface area contributed by atoms with Crippen LogP contribution in [0.1, 0.15) is 0 Å². The molecular weight excluding hydrogens is 184 g/mol. The summed E-state index contributed by atoms with van der Waals surface area (Å²) >= 11 is 0. The molecule has 0 spiro atoms. The zero-order valence-electron chi connectivity index (χ0n) is 7.47. The Bertz CT molecular complexity index is 422. The minimum absolute atomic E-state index is 0.119. The number of phenolic OH excluding ortho intramolecular Hbond substituents is 1. The standard InChI is InChI=1S/C9H8N2O3/c1-13-9-10-8(11-14-9)6-2-4-7(12)5-3-6/h2-5,12H,1H3. The van der Waals surface area contributed by atoms with Crippen LogP contribution in [0, 0.1) is 0 Å². The Morgan fingerprint density at radius 3 is 2.57 bits per heavy atom. The van der Waals surface area contributed by atoms with Gasteiger partial charge in [-0.15, -0.1) is 0 Å². The van der Waals surface area contributed by atoms with Crippen molar-refractivity contribution in [2.45, 2.75) is 0 Å². The largest absolute Gasteiger partial charge is 0.508 e. The maximum absolute atomic E-state index is 9.07. The van der Waals surface area contributed by atoms with E-state index in [9.17, 15) is 0 Å². The first kappa shape index (κ1) is 8.55. The van der Waals surface area contributed by atoms with Crippen LogP contribution in [-0.4, -0.2) is 22.4 Å².